The predicted molar refractivity (Wildman–Crippen MR) is 58.9 cm³/mol. The van der Waals surface area contributed by atoms with Gasteiger partial charge in [0.25, 0.3) is 0 Å². The van der Waals surface area contributed by atoms with Crippen molar-refractivity contribution in [1.29, 1.82) is 0 Å². The highest BCUT2D eigenvalue weighted by Crippen LogP contribution is 2.39. The van der Waals surface area contributed by atoms with Gasteiger partial charge in [-0.05, 0) is 32.1 Å². The van der Waals surface area contributed by atoms with Gasteiger partial charge in [-0.3, -0.25) is 4.79 Å². The second-order valence-electron chi connectivity index (χ2n) is 5.10. The van der Waals surface area contributed by atoms with Crippen molar-refractivity contribution in [2.75, 3.05) is 13.7 Å². The minimum atomic E-state index is -0.0419. The lowest BCUT2D eigenvalue weighted by atomic mass is 9.75. The first-order chi connectivity index (χ1) is 7.69. The number of carbonyl (C=O) groups excluding carboxylic acids is 2. The molecule has 4 nitrogen and oxygen atoms in total. The number of rotatable bonds is 3. The fourth-order valence-electron chi connectivity index (χ4n) is 2.97. The van der Waals surface area contributed by atoms with Crippen molar-refractivity contribution in [1.82, 2.24) is 5.32 Å². The van der Waals surface area contributed by atoms with Crippen LogP contribution < -0.4 is 5.32 Å². The third kappa shape index (κ3) is 2.12. The van der Waals surface area contributed by atoms with Crippen molar-refractivity contribution in [2.45, 2.75) is 37.6 Å². The lowest BCUT2D eigenvalue weighted by Gasteiger charge is -2.35. The Morgan fingerprint density at radius 3 is 2.75 bits per heavy atom. The molecule has 2 aliphatic rings. The second-order valence-corrected chi connectivity index (χ2v) is 5.10. The van der Waals surface area contributed by atoms with Gasteiger partial charge in [0, 0.05) is 18.6 Å². The number of hydrogen-bond donors (Lipinski definition) is 1. The molecule has 1 atom stereocenters. The van der Waals surface area contributed by atoms with E-state index in [1.54, 1.807) is 7.11 Å². The van der Waals surface area contributed by atoms with E-state index in [0.717, 1.165) is 38.4 Å². The monoisotopic (exact) mass is 225 g/mol. The molecular formula is C12H19NO3. The summed E-state index contributed by atoms with van der Waals surface area (Å²) in [5.41, 5.74) is -0.0419. The zero-order valence-electron chi connectivity index (χ0n) is 9.70. The Kier molecular flexibility index (Phi) is 3.28. The van der Waals surface area contributed by atoms with Crippen LogP contribution in [0.2, 0.25) is 0 Å². The fraction of sp³-hybridized carbons (Fsp3) is 0.833. The van der Waals surface area contributed by atoms with Crippen molar-refractivity contribution in [3.05, 3.63) is 0 Å². The lowest BCUT2D eigenvalue weighted by Crippen LogP contribution is -2.44. The summed E-state index contributed by atoms with van der Waals surface area (Å²) in [6, 6.07) is 0. The van der Waals surface area contributed by atoms with Crippen LogP contribution in [0.3, 0.4) is 0 Å². The van der Waals surface area contributed by atoms with Crippen LogP contribution in [-0.4, -0.2) is 31.4 Å². The first kappa shape index (κ1) is 11.6. The van der Waals surface area contributed by atoms with E-state index in [-0.39, 0.29) is 23.3 Å². The number of hydrogen-bond acceptors (Lipinski definition) is 3. The minimum absolute atomic E-state index is 0.00205. The van der Waals surface area contributed by atoms with Gasteiger partial charge in [-0.2, -0.15) is 0 Å². The van der Waals surface area contributed by atoms with E-state index in [4.69, 9.17) is 4.74 Å². The molecule has 1 saturated heterocycles. The van der Waals surface area contributed by atoms with Gasteiger partial charge in [0.2, 0.25) is 5.91 Å². The van der Waals surface area contributed by atoms with Gasteiger partial charge in [0.05, 0.1) is 12.5 Å². The molecule has 1 heterocycles. The highest BCUT2D eigenvalue weighted by Gasteiger charge is 2.45. The summed E-state index contributed by atoms with van der Waals surface area (Å²) in [6.45, 7) is 0.505. The zero-order valence-corrected chi connectivity index (χ0v) is 9.70. The van der Waals surface area contributed by atoms with Crippen LogP contribution in [0, 0.1) is 11.8 Å². The fourth-order valence-corrected chi connectivity index (χ4v) is 2.97. The van der Waals surface area contributed by atoms with Crippen LogP contribution in [0.15, 0.2) is 0 Å². The topological polar surface area (TPSA) is 55.4 Å². The summed E-state index contributed by atoms with van der Waals surface area (Å²) in [5.74, 6) is 0.313. The average molecular weight is 225 g/mol. The molecule has 16 heavy (non-hydrogen) atoms. The van der Waals surface area contributed by atoms with Crippen LogP contribution in [0.5, 0.6) is 0 Å². The maximum atomic E-state index is 11.7. The third-order valence-corrected chi connectivity index (χ3v) is 3.94. The molecule has 1 N–H and O–H groups in total. The smallest absolute Gasteiger partial charge is 0.225 e. The Hall–Kier alpha value is -0.900. The van der Waals surface area contributed by atoms with Crippen LogP contribution in [0.1, 0.15) is 32.1 Å². The SMILES string of the molecule is COC[C@H]1CC2(CCC(C=O)CC2)NC1=O. The number of amides is 1. The van der Waals surface area contributed by atoms with Gasteiger partial charge in [-0.15, -0.1) is 0 Å². The van der Waals surface area contributed by atoms with Crippen molar-refractivity contribution >= 4 is 12.2 Å². The molecule has 0 radical (unpaired) electrons. The maximum Gasteiger partial charge on any atom is 0.225 e. The van der Waals surface area contributed by atoms with Gasteiger partial charge in [0.15, 0.2) is 0 Å². The Morgan fingerprint density at radius 1 is 1.50 bits per heavy atom. The molecule has 0 aromatic rings. The molecule has 2 rings (SSSR count). The molecule has 1 saturated carbocycles. The van der Waals surface area contributed by atoms with E-state index in [1.807, 2.05) is 0 Å². The van der Waals surface area contributed by atoms with Crippen LogP contribution in [0.25, 0.3) is 0 Å². The van der Waals surface area contributed by atoms with E-state index < -0.39 is 0 Å². The van der Waals surface area contributed by atoms with Crippen LogP contribution in [-0.2, 0) is 14.3 Å². The molecule has 1 aliphatic heterocycles. The summed E-state index contributed by atoms with van der Waals surface area (Å²) in [6.07, 6.45) is 5.60. The van der Waals surface area contributed by atoms with Gasteiger partial charge >= 0.3 is 0 Å². The Balaban J connectivity index is 1.96. The zero-order chi connectivity index (χ0) is 11.6. The number of carbonyl (C=O) groups is 2. The molecule has 0 aromatic heterocycles. The standard InChI is InChI=1S/C12H19NO3/c1-16-8-10-6-12(13-11(10)15)4-2-9(7-14)3-5-12/h7,9-10H,2-6,8H2,1H3,(H,13,15)/t9?,10-,12?/m1/s1. The van der Waals surface area contributed by atoms with Gasteiger partial charge in [0.1, 0.15) is 6.29 Å². The Morgan fingerprint density at radius 2 is 2.19 bits per heavy atom. The van der Waals surface area contributed by atoms with E-state index in [2.05, 4.69) is 5.32 Å². The molecule has 2 fully saturated rings. The maximum absolute atomic E-state index is 11.7. The molecule has 90 valence electrons. The van der Waals surface area contributed by atoms with Crippen LogP contribution >= 0.6 is 0 Å². The van der Waals surface area contributed by atoms with E-state index in [0.29, 0.717) is 6.61 Å². The molecule has 4 heteroatoms. The Labute approximate surface area is 95.7 Å². The van der Waals surface area contributed by atoms with Gasteiger partial charge < -0.3 is 14.8 Å². The molecular weight excluding hydrogens is 206 g/mol. The summed E-state index contributed by atoms with van der Waals surface area (Å²) >= 11 is 0. The summed E-state index contributed by atoms with van der Waals surface area (Å²) in [4.78, 5) is 22.4. The van der Waals surface area contributed by atoms with Gasteiger partial charge in [-0.25, -0.2) is 0 Å². The number of aldehydes is 1. The van der Waals surface area contributed by atoms with Crippen molar-refractivity contribution < 1.29 is 14.3 Å². The van der Waals surface area contributed by atoms with Crippen molar-refractivity contribution in [3.63, 3.8) is 0 Å². The van der Waals surface area contributed by atoms with E-state index in [1.165, 1.54) is 0 Å². The van der Waals surface area contributed by atoms with Crippen molar-refractivity contribution in [3.8, 4) is 0 Å². The van der Waals surface area contributed by atoms with Gasteiger partial charge in [-0.1, -0.05) is 0 Å². The van der Waals surface area contributed by atoms with E-state index in [9.17, 15) is 9.59 Å². The quantitative estimate of drug-likeness (QED) is 0.726. The first-order valence-electron chi connectivity index (χ1n) is 5.95. The number of nitrogens with one attached hydrogen (secondary N) is 1. The highest BCUT2D eigenvalue weighted by molar-refractivity contribution is 5.82. The first-order valence-corrected chi connectivity index (χ1v) is 5.95. The number of methoxy groups -OCH3 is 1. The number of ether oxygens (including phenoxy) is 1. The molecule has 0 aromatic carbocycles. The van der Waals surface area contributed by atoms with Crippen LogP contribution in [0.4, 0.5) is 0 Å². The summed E-state index contributed by atoms with van der Waals surface area (Å²) in [5, 5.41) is 3.11. The highest BCUT2D eigenvalue weighted by atomic mass is 16.5. The predicted octanol–water partition coefficient (Wildman–Crippen LogP) is 0.897. The molecule has 0 bridgehead atoms. The molecule has 1 spiro atoms. The van der Waals surface area contributed by atoms with Crippen molar-refractivity contribution in [2.24, 2.45) is 11.8 Å². The molecule has 1 amide bonds. The minimum Gasteiger partial charge on any atom is -0.384 e. The third-order valence-electron chi connectivity index (χ3n) is 3.94. The van der Waals surface area contributed by atoms with E-state index >= 15 is 0 Å². The molecule has 0 unspecified atom stereocenters. The largest absolute Gasteiger partial charge is 0.384 e. The molecule has 1 aliphatic carbocycles. The Bertz CT molecular complexity index is 282. The summed E-state index contributed by atoms with van der Waals surface area (Å²) < 4.78 is 5.06. The summed E-state index contributed by atoms with van der Waals surface area (Å²) in [7, 11) is 1.63. The normalized spacial score (nSPS) is 38.7. The second kappa shape index (κ2) is 4.53. The lowest BCUT2D eigenvalue weighted by molar-refractivity contribution is -0.124. The average Bonchev–Trinajstić information content (AvgIpc) is 2.57.